The summed E-state index contributed by atoms with van der Waals surface area (Å²) in [5.74, 6) is -0.0862. The summed E-state index contributed by atoms with van der Waals surface area (Å²) in [6.07, 6.45) is -1.67. The molecule has 2 aliphatic heterocycles. The molecule has 174 valence electrons. The van der Waals surface area contributed by atoms with Gasteiger partial charge in [0.15, 0.2) is 23.5 Å². The summed E-state index contributed by atoms with van der Waals surface area (Å²) in [7, 11) is 0. The zero-order chi connectivity index (χ0) is 23.4. The summed E-state index contributed by atoms with van der Waals surface area (Å²) in [6.45, 7) is 1.31. The van der Waals surface area contributed by atoms with Gasteiger partial charge < -0.3 is 24.3 Å². The smallest absolute Gasteiger partial charge is 0.302 e. The molecule has 0 aromatic heterocycles. The number of carbonyl (C=O) groups excluding carboxylic acids is 3. The Kier molecular flexibility index (Phi) is 7.14. The highest BCUT2D eigenvalue weighted by Crippen LogP contribution is 2.33. The number of rotatable bonds is 7. The van der Waals surface area contributed by atoms with Crippen LogP contribution in [0, 0.1) is 5.82 Å². The summed E-state index contributed by atoms with van der Waals surface area (Å²) >= 11 is 1.45. The van der Waals surface area contributed by atoms with Crippen LogP contribution in [0.2, 0.25) is 0 Å². The van der Waals surface area contributed by atoms with E-state index in [0.717, 1.165) is 5.56 Å². The number of benzene rings is 2. The highest BCUT2D eigenvalue weighted by molar-refractivity contribution is 7.99. The first-order chi connectivity index (χ1) is 15.9. The molecular weight excluding hydrogens is 453 g/mol. The number of thioether (sulfide) groups is 1. The zero-order valence-electron chi connectivity index (χ0n) is 17.7. The highest BCUT2D eigenvalue weighted by atomic mass is 32.2. The molecule has 10 heteroatoms. The van der Waals surface area contributed by atoms with Gasteiger partial charge in [0.1, 0.15) is 18.5 Å². The van der Waals surface area contributed by atoms with Crippen LogP contribution in [0.3, 0.4) is 0 Å². The molecule has 2 heterocycles. The summed E-state index contributed by atoms with van der Waals surface area (Å²) in [4.78, 5) is 36.8. The van der Waals surface area contributed by atoms with Gasteiger partial charge in [0.05, 0.1) is 0 Å². The molecule has 1 fully saturated rings. The minimum atomic E-state index is -1.17. The van der Waals surface area contributed by atoms with Gasteiger partial charge in [-0.05, 0) is 35.9 Å². The molecule has 33 heavy (non-hydrogen) atoms. The average molecular weight is 475 g/mol. The van der Waals surface area contributed by atoms with Crippen molar-refractivity contribution in [2.24, 2.45) is 0 Å². The van der Waals surface area contributed by atoms with Crippen molar-refractivity contribution in [2.45, 2.75) is 36.7 Å². The lowest BCUT2D eigenvalue weighted by Crippen LogP contribution is -2.53. The van der Waals surface area contributed by atoms with Crippen LogP contribution in [0.25, 0.3) is 0 Å². The third kappa shape index (κ3) is 5.82. The summed E-state index contributed by atoms with van der Waals surface area (Å²) < 4.78 is 34.6. The van der Waals surface area contributed by atoms with Gasteiger partial charge in [-0.1, -0.05) is 12.1 Å². The molecule has 0 radical (unpaired) electrons. The first-order valence-electron chi connectivity index (χ1n) is 10.3. The van der Waals surface area contributed by atoms with Crippen molar-refractivity contribution in [1.29, 1.82) is 0 Å². The lowest BCUT2D eigenvalue weighted by atomic mass is 10.1. The maximum absolute atomic E-state index is 13.1. The zero-order valence-corrected chi connectivity index (χ0v) is 18.6. The van der Waals surface area contributed by atoms with E-state index in [1.807, 2.05) is 0 Å². The van der Waals surface area contributed by atoms with Crippen LogP contribution in [0.1, 0.15) is 29.3 Å². The SMILES string of the molecule is CC(=O)OC[C@H]1O[C@@H](NC(=O)c2ccc3c(c2)OCO3)C(=O)CC1SCc1ccc(F)cc1. The Bertz CT molecular complexity index is 1050. The van der Waals surface area contributed by atoms with Crippen LogP contribution in [-0.4, -0.2) is 48.6 Å². The number of halogens is 1. The van der Waals surface area contributed by atoms with Crippen LogP contribution in [0.5, 0.6) is 11.5 Å². The molecule has 1 amide bonds. The van der Waals surface area contributed by atoms with Crippen molar-refractivity contribution >= 4 is 29.4 Å². The van der Waals surface area contributed by atoms with Crippen LogP contribution in [0.4, 0.5) is 4.39 Å². The summed E-state index contributed by atoms with van der Waals surface area (Å²) in [5.41, 5.74) is 1.18. The predicted octanol–water partition coefficient (Wildman–Crippen LogP) is 2.83. The number of Topliss-reactive ketones (excluding diaryl/α,β-unsaturated/α-hetero) is 1. The van der Waals surface area contributed by atoms with Gasteiger partial charge in [-0.2, -0.15) is 11.8 Å². The number of hydrogen-bond donors (Lipinski definition) is 1. The average Bonchev–Trinajstić information content (AvgIpc) is 3.27. The van der Waals surface area contributed by atoms with E-state index < -0.39 is 24.2 Å². The Morgan fingerprint density at radius 3 is 2.67 bits per heavy atom. The van der Waals surface area contributed by atoms with E-state index in [9.17, 15) is 18.8 Å². The Labute approximate surface area is 193 Å². The van der Waals surface area contributed by atoms with Crippen LogP contribution >= 0.6 is 11.8 Å². The van der Waals surface area contributed by atoms with Gasteiger partial charge in [-0.15, -0.1) is 0 Å². The first-order valence-corrected chi connectivity index (χ1v) is 11.3. The fourth-order valence-corrected chi connectivity index (χ4v) is 4.66. The minimum absolute atomic E-state index is 0.0555. The van der Waals surface area contributed by atoms with Crippen LogP contribution in [0.15, 0.2) is 42.5 Å². The molecule has 1 saturated heterocycles. The second-order valence-corrected chi connectivity index (χ2v) is 8.77. The van der Waals surface area contributed by atoms with Crippen molar-refractivity contribution in [2.75, 3.05) is 13.4 Å². The van der Waals surface area contributed by atoms with Gasteiger partial charge in [-0.3, -0.25) is 14.4 Å². The fraction of sp³-hybridized carbons (Fsp3) is 0.348. The normalized spacial score (nSPS) is 21.5. The first kappa shape index (κ1) is 23.1. The lowest BCUT2D eigenvalue weighted by molar-refractivity contribution is -0.156. The summed E-state index contributed by atoms with van der Waals surface area (Å²) in [5, 5.41) is 2.29. The molecule has 8 nitrogen and oxygen atoms in total. The van der Waals surface area contributed by atoms with Crippen molar-refractivity contribution < 1.29 is 37.7 Å². The lowest BCUT2D eigenvalue weighted by Gasteiger charge is -2.35. The quantitative estimate of drug-likeness (QED) is 0.611. The molecule has 3 atom stereocenters. The van der Waals surface area contributed by atoms with Crippen LogP contribution in [-0.2, 0) is 24.8 Å². The maximum atomic E-state index is 13.1. The number of ketones is 1. The number of amides is 1. The second kappa shape index (κ2) is 10.2. The number of fused-ring (bicyclic) bond motifs is 1. The molecule has 0 saturated carbocycles. The molecular formula is C23H22FNO7S. The van der Waals surface area contributed by atoms with E-state index in [2.05, 4.69) is 5.32 Å². The van der Waals surface area contributed by atoms with Gasteiger partial charge in [-0.25, -0.2) is 4.39 Å². The largest absolute Gasteiger partial charge is 0.463 e. The number of hydrogen-bond acceptors (Lipinski definition) is 8. The predicted molar refractivity (Wildman–Crippen MR) is 116 cm³/mol. The third-order valence-electron chi connectivity index (χ3n) is 5.15. The molecule has 4 rings (SSSR count). The Hall–Kier alpha value is -3.11. The number of carbonyl (C=O) groups is 3. The maximum Gasteiger partial charge on any atom is 0.302 e. The van der Waals surface area contributed by atoms with Gasteiger partial charge in [0, 0.05) is 29.9 Å². The van der Waals surface area contributed by atoms with E-state index in [-0.39, 0.29) is 36.7 Å². The molecule has 2 aromatic carbocycles. The van der Waals surface area contributed by atoms with Crippen molar-refractivity contribution in [1.82, 2.24) is 5.32 Å². The molecule has 0 bridgehead atoms. The van der Waals surface area contributed by atoms with Gasteiger partial charge >= 0.3 is 5.97 Å². The third-order valence-corrected chi connectivity index (χ3v) is 6.54. The molecule has 2 aliphatic rings. The standard InChI is InChI=1S/C23H22FNO7S/c1-13(26)29-10-20-21(33-11-14-2-5-16(24)6-3-14)9-17(27)23(32-20)25-22(28)15-4-7-18-19(8-15)31-12-30-18/h2-8,20-21,23H,9-12H2,1H3,(H,25,28)/t20-,21?,23-/m1/s1. The molecule has 0 spiro atoms. The van der Waals surface area contributed by atoms with E-state index in [4.69, 9.17) is 18.9 Å². The van der Waals surface area contributed by atoms with Crippen molar-refractivity contribution in [3.05, 3.63) is 59.4 Å². The van der Waals surface area contributed by atoms with Gasteiger partial charge in [0.25, 0.3) is 5.91 Å². The number of ether oxygens (including phenoxy) is 4. The van der Waals surface area contributed by atoms with Crippen molar-refractivity contribution in [3.63, 3.8) is 0 Å². The minimum Gasteiger partial charge on any atom is -0.463 e. The molecule has 1 N–H and O–H groups in total. The fourth-order valence-electron chi connectivity index (χ4n) is 3.43. The second-order valence-electron chi connectivity index (χ2n) is 7.55. The molecule has 0 aliphatic carbocycles. The molecule has 2 aromatic rings. The Balaban J connectivity index is 1.41. The van der Waals surface area contributed by atoms with E-state index >= 15 is 0 Å². The number of nitrogens with one attached hydrogen (secondary N) is 1. The van der Waals surface area contributed by atoms with Crippen LogP contribution < -0.4 is 14.8 Å². The summed E-state index contributed by atoms with van der Waals surface area (Å²) in [6, 6.07) is 10.8. The Morgan fingerprint density at radius 2 is 1.91 bits per heavy atom. The van der Waals surface area contributed by atoms with E-state index in [0.29, 0.717) is 22.8 Å². The van der Waals surface area contributed by atoms with Gasteiger partial charge in [0.2, 0.25) is 6.79 Å². The topological polar surface area (TPSA) is 100 Å². The monoisotopic (exact) mass is 475 g/mol. The number of esters is 1. The highest BCUT2D eigenvalue weighted by Gasteiger charge is 2.38. The Morgan fingerprint density at radius 1 is 1.15 bits per heavy atom. The van der Waals surface area contributed by atoms with Crippen molar-refractivity contribution in [3.8, 4) is 11.5 Å². The van der Waals surface area contributed by atoms with E-state index in [1.165, 1.54) is 36.9 Å². The molecule has 1 unspecified atom stereocenters. The van der Waals surface area contributed by atoms with E-state index in [1.54, 1.807) is 24.3 Å².